The second kappa shape index (κ2) is 17.0. The summed E-state index contributed by atoms with van der Waals surface area (Å²) >= 11 is 0. The van der Waals surface area contributed by atoms with Crippen LogP contribution >= 0.6 is 0 Å². The maximum absolute atomic E-state index is 10.7. The fourth-order valence-electron chi connectivity index (χ4n) is 2.07. The maximum atomic E-state index is 10.7. The van der Waals surface area contributed by atoms with Gasteiger partial charge in [0, 0.05) is 11.1 Å². The molecule has 2 aromatic rings. The van der Waals surface area contributed by atoms with Crippen LogP contribution in [-0.4, -0.2) is 21.8 Å². The molecule has 0 radical (unpaired) electrons. The van der Waals surface area contributed by atoms with Crippen LogP contribution in [0.3, 0.4) is 0 Å². The molecule has 0 spiro atoms. The van der Waals surface area contributed by atoms with Crippen LogP contribution in [0.1, 0.15) is 47.4 Å². The average molecular weight is 494 g/mol. The summed E-state index contributed by atoms with van der Waals surface area (Å²) in [5.41, 5.74) is 1.25. The number of Topliss-reactive ketones (excluding diaryl/α,β-unsaturated/α-hetero) is 2. The van der Waals surface area contributed by atoms with E-state index in [-0.39, 0.29) is 49.3 Å². The van der Waals surface area contributed by atoms with Crippen LogP contribution in [0.2, 0.25) is 0 Å². The van der Waals surface area contributed by atoms with Gasteiger partial charge in [0.1, 0.15) is 11.5 Å². The summed E-state index contributed by atoms with van der Waals surface area (Å²) in [5, 5.41) is 17.7. The van der Waals surface area contributed by atoms with Crippen molar-refractivity contribution in [1.82, 2.24) is 0 Å². The fraction of sp³-hybridized carbons (Fsp3) is 0.154. The van der Waals surface area contributed by atoms with Crippen molar-refractivity contribution < 1.29 is 46.0 Å². The number of hydrogen-bond acceptors (Lipinski definition) is 4. The summed E-state index contributed by atoms with van der Waals surface area (Å²) in [6.45, 7) is 2.98. The Balaban J connectivity index is 0.000000401. The number of carbonyl (C=O) groups excluding carboxylic acids is 2. The average Bonchev–Trinajstić information content (AvgIpc) is 3.48. The quantitative estimate of drug-likeness (QED) is 0.410. The number of phenols is 2. The number of allylic oxidation sites excluding steroid dienone is 8. The second-order valence-electron chi connectivity index (χ2n) is 6.21. The first-order chi connectivity index (χ1) is 14.4. The van der Waals surface area contributed by atoms with Gasteiger partial charge in [-0.25, -0.2) is 24.3 Å². The molecule has 4 nitrogen and oxygen atoms in total. The monoisotopic (exact) mass is 492 g/mol. The van der Waals surface area contributed by atoms with Gasteiger partial charge in [-0.15, -0.1) is 12.8 Å². The van der Waals surface area contributed by atoms with Crippen molar-refractivity contribution in [2.24, 2.45) is 0 Å². The molecule has 158 valence electrons. The number of benzene rings is 2. The van der Waals surface area contributed by atoms with Gasteiger partial charge in [-0.1, -0.05) is 0 Å². The first-order valence-corrected chi connectivity index (χ1v) is 9.43. The van der Waals surface area contributed by atoms with E-state index >= 15 is 0 Å². The van der Waals surface area contributed by atoms with Crippen LogP contribution in [0, 0.1) is 12.2 Å². The Labute approximate surface area is 203 Å². The Bertz CT molecular complexity index is 808. The van der Waals surface area contributed by atoms with Crippen molar-refractivity contribution in [3.05, 3.63) is 108 Å². The molecule has 0 heterocycles. The van der Waals surface area contributed by atoms with Gasteiger partial charge in [0.25, 0.3) is 0 Å². The fourth-order valence-corrected chi connectivity index (χ4v) is 2.07. The number of aromatic hydroxyl groups is 2. The molecule has 4 rings (SSSR count). The zero-order valence-corrected chi connectivity index (χ0v) is 20.2. The van der Waals surface area contributed by atoms with Crippen LogP contribution in [0.4, 0.5) is 0 Å². The van der Waals surface area contributed by atoms with E-state index in [4.69, 9.17) is 10.2 Å². The third-order valence-electron chi connectivity index (χ3n) is 3.72. The molecular weight excluding hydrogens is 468 g/mol. The number of carbonyl (C=O) groups is 2. The minimum atomic E-state index is 0. The molecule has 0 aliphatic heterocycles. The Morgan fingerprint density at radius 3 is 1.16 bits per heavy atom. The third kappa shape index (κ3) is 14.0. The van der Waals surface area contributed by atoms with E-state index in [2.05, 4.69) is 24.3 Å². The van der Waals surface area contributed by atoms with E-state index in [0.29, 0.717) is 11.1 Å². The molecule has 0 saturated heterocycles. The molecule has 2 N–H and O–H groups in total. The predicted octanol–water partition coefficient (Wildman–Crippen LogP) is 5.80. The van der Waals surface area contributed by atoms with Crippen molar-refractivity contribution in [2.75, 3.05) is 0 Å². The van der Waals surface area contributed by atoms with Crippen molar-refractivity contribution in [2.45, 2.75) is 26.7 Å². The van der Waals surface area contributed by atoms with Crippen molar-refractivity contribution in [3.8, 4) is 11.5 Å². The molecule has 0 fully saturated rings. The summed E-state index contributed by atoms with van der Waals surface area (Å²) in [6, 6.07) is 12.4. The minimum absolute atomic E-state index is 0. The van der Waals surface area contributed by atoms with Crippen LogP contribution < -0.4 is 0 Å². The summed E-state index contributed by atoms with van der Waals surface area (Å²) in [7, 11) is 0. The Hall–Kier alpha value is -2.78. The van der Waals surface area contributed by atoms with Crippen molar-refractivity contribution in [1.29, 1.82) is 0 Å². The summed E-state index contributed by atoms with van der Waals surface area (Å²) in [4.78, 5) is 21.4. The second-order valence-corrected chi connectivity index (χ2v) is 6.21. The Kier molecular flexibility index (Phi) is 15.4. The summed E-state index contributed by atoms with van der Waals surface area (Å²) in [5.74, 6) is 0.398. The van der Waals surface area contributed by atoms with E-state index < -0.39 is 0 Å². The molecule has 0 bridgehead atoms. The summed E-state index contributed by atoms with van der Waals surface area (Å²) in [6.07, 6.45) is 20.0. The van der Waals surface area contributed by atoms with Gasteiger partial charge in [-0.3, -0.25) is 21.7 Å². The molecule has 0 atom stereocenters. The molecule has 2 aromatic carbocycles. The van der Waals surface area contributed by atoms with Gasteiger partial charge in [0.15, 0.2) is 11.6 Å². The molecule has 0 aromatic heterocycles. The zero-order chi connectivity index (χ0) is 22.2. The van der Waals surface area contributed by atoms with Gasteiger partial charge < -0.3 is 10.2 Å². The molecule has 5 heteroatoms. The Morgan fingerprint density at radius 1 is 0.677 bits per heavy atom. The van der Waals surface area contributed by atoms with E-state index in [1.54, 1.807) is 24.3 Å². The standard InChI is InChI=1S/2C8H8O2.2C5H5.Zr/c2*1-6(9)7-2-4-8(10)5-3-7;2*1-2-4-5-3-1;/h2*2-5,10H,1H3;2*1-3H,4H2;/q;;2*-1;+2. The van der Waals surface area contributed by atoms with Gasteiger partial charge >= 0.3 is 26.2 Å². The molecule has 2 aliphatic rings. The van der Waals surface area contributed by atoms with Gasteiger partial charge in [-0.2, -0.15) is 12.2 Å². The number of hydrogen-bond donors (Lipinski definition) is 2. The number of rotatable bonds is 2. The van der Waals surface area contributed by atoms with E-state index in [0.717, 1.165) is 12.8 Å². The van der Waals surface area contributed by atoms with E-state index in [9.17, 15) is 9.59 Å². The first-order valence-electron chi connectivity index (χ1n) is 9.43. The molecule has 0 unspecified atom stereocenters. The van der Waals surface area contributed by atoms with Crippen LogP contribution in [0.25, 0.3) is 0 Å². The predicted molar refractivity (Wildman–Crippen MR) is 119 cm³/mol. The van der Waals surface area contributed by atoms with Crippen molar-refractivity contribution in [3.63, 3.8) is 0 Å². The molecular formula is C26H26O4Zr. The Morgan fingerprint density at radius 2 is 1.00 bits per heavy atom. The normalized spacial score (nSPS) is 11.7. The van der Waals surface area contributed by atoms with Crippen LogP contribution in [-0.2, 0) is 26.2 Å². The topological polar surface area (TPSA) is 74.6 Å². The van der Waals surface area contributed by atoms with Gasteiger partial charge in [0.2, 0.25) is 0 Å². The number of ketones is 2. The summed E-state index contributed by atoms with van der Waals surface area (Å²) < 4.78 is 0. The van der Waals surface area contributed by atoms with Crippen LogP contribution in [0.5, 0.6) is 11.5 Å². The van der Waals surface area contributed by atoms with E-state index in [1.807, 2.05) is 24.3 Å². The first kappa shape index (κ1) is 28.2. The SMILES string of the molecule is CC(=O)c1ccc(O)cc1.CC(=O)c1ccc(O)cc1.[C-]1=CC=CC1.[C-]1=CC=CC1.[Zr+2]. The smallest absolute Gasteiger partial charge is 0.508 e. The third-order valence-corrected chi connectivity index (χ3v) is 3.72. The van der Waals surface area contributed by atoms with Crippen LogP contribution in [0.15, 0.2) is 85.0 Å². The van der Waals surface area contributed by atoms with Gasteiger partial charge in [0.05, 0.1) is 0 Å². The van der Waals surface area contributed by atoms with E-state index in [1.165, 1.54) is 38.1 Å². The zero-order valence-electron chi connectivity index (χ0n) is 17.7. The largest absolute Gasteiger partial charge is 2.00 e. The van der Waals surface area contributed by atoms with Crippen molar-refractivity contribution >= 4 is 11.6 Å². The molecule has 0 saturated carbocycles. The maximum Gasteiger partial charge on any atom is 2.00 e. The van der Waals surface area contributed by atoms with Gasteiger partial charge in [-0.05, 0) is 62.4 Å². The molecule has 31 heavy (non-hydrogen) atoms. The molecule has 2 aliphatic carbocycles. The molecule has 0 amide bonds. The minimum Gasteiger partial charge on any atom is -0.508 e. The number of phenolic OH excluding ortho intramolecular Hbond substituents is 2.